The smallest absolute Gasteiger partial charge is 0.435 e. The molecular weight excluding hydrogens is 308 g/mol. The molecule has 0 bridgehead atoms. The number of aromatic carboxylic acids is 1. The minimum atomic E-state index is -4.83. The Hall–Kier alpha value is -2.71. The van der Waals surface area contributed by atoms with E-state index >= 15 is 0 Å². The fourth-order valence-corrected chi connectivity index (χ4v) is 1.58. The number of nitrogens with zero attached hydrogens (tertiary/aromatic N) is 2. The topological polar surface area (TPSA) is 72.3 Å². The SMILES string of the molecule is Cc1cc(F)ccc1Oc1nnc(C(F)(F)F)cc1C(=O)O. The van der Waals surface area contributed by atoms with Crippen molar-refractivity contribution in [1.29, 1.82) is 0 Å². The lowest BCUT2D eigenvalue weighted by atomic mass is 10.2. The van der Waals surface area contributed by atoms with Gasteiger partial charge in [0.15, 0.2) is 5.69 Å². The Balaban J connectivity index is 2.44. The lowest BCUT2D eigenvalue weighted by Crippen LogP contribution is -2.13. The van der Waals surface area contributed by atoms with Crippen molar-refractivity contribution < 1.29 is 32.2 Å². The van der Waals surface area contributed by atoms with E-state index in [0.717, 1.165) is 12.1 Å². The Morgan fingerprint density at radius 3 is 2.45 bits per heavy atom. The number of carbonyl (C=O) groups is 1. The molecule has 0 amide bonds. The second-order valence-electron chi connectivity index (χ2n) is 4.26. The van der Waals surface area contributed by atoms with Gasteiger partial charge in [-0.2, -0.15) is 13.2 Å². The summed E-state index contributed by atoms with van der Waals surface area (Å²) in [6.45, 7) is 1.48. The predicted octanol–water partition coefficient (Wildman–Crippen LogP) is 3.43. The number of carboxylic acid groups (broad SMARTS) is 1. The third-order valence-corrected chi connectivity index (χ3v) is 2.62. The third kappa shape index (κ3) is 3.30. The van der Waals surface area contributed by atoms with Crippen molar-refractivity contribution in [3.8, 4) is 11.6 Å². The van der Waals surface area contributed by atoms with Crippen LogP contribution in [0.5, 0.6) is 11.6 Å². The summed E-state index contributed by atoms with van der Waals surface area (Å²) >= 11 is 0. The van der Waals surface area contributed by atoms with Crippen LogP contribution in [0.4, 0.5) is 17.6 Å². The van der Waals surface area contributed by atoms with Gasteiger partial charge >= 0.3 is 12.1 Å². The minimum Gasteiger partial charge on any atom is -0.477 e. The molecule has 0 unspecified atom stereocenters. The van der Waals surface area contributed by atoms with Crippen LogP contribution in [0.2, 0.25) is 0 Å². The molecule has 5 nitrogen and oxygen atoms in total. The first-order chi connectivity index (χ1) is 10.2. The van der Waals surface area contributed by atoms with Gasteiger partial charge in [-0.25, -0.2) is 9.18 Å². The number of alkyl halides is 3. The number of halogens is 4. The maximum atomic E-state index is 13.0. The molecule has 0 spiro atoms. The molecule has 0 atom stereocenters. The zero-order valence-corrected chi connectivity index (χ0v) is 11.0. The molecular formula is C13H8F4N2O3. The molecule has 2 aromatic rings. The Bertz CT molecular complexity index is 732. The van der Waals surface area contributed by atoms with Gasteiger partial charge in [0.2, 0.25) is 0 Å². The van der Waals surface area contributed by atoms with Crippen LogP contribution in [0.15, 0.2) is 24.3 Å². The molecule has 0 aliphatic carbocycles. The van der Waals surface area contributed by atoms with E-state index in [0.29, 0.717) is 11.6 Å². The van der Waals surface area contributed by atoms with Gasteiger partial charge in [0.25, 0.3) is 5.88 Å². The molecule has 9 heteroatoms. The van der Waals surface area contributed by atoms with E-state index in [1.807, 2.05) is 0 Å². The van der Waals surface area contributed by atoms with Gasteiger partial charge in [-0.05, 0) is 36.8 Å². The van der Waals surface area contributed by atoms with Crippen LogP contribution in [-0.4, -0.2) is 21.3 Å². The zero-order valence-electron chi connectivity index (χ0n) is 11.0. The van der Waals surface area contributed by atoms with E-state index in [4.69, 9.17) is 9.84 Å². The van der Waals surface area contributed by atoms with Crippen molar-refractivity contribution in [2.75, 3.05) is 0 Å². The molecule has 0 fully saturated rings. The Morgan fingerprint density at radius 1 is 1.23 bits per heavy atom. The highest BCUT2D eigenvalue weighted by molar-refractivity contribution is 5.90. The largest absolute Gasteiger partial charge is 0.477 e. The first kappa shape index (κ1) is 15.7. The second kappa shape index (κ2) is 5.58. The quantitative estimate of drug-likeness (QED) is 0.878. The molecule has 2 rings (SSSR count). The number of ether oxygens (including phenoxy) is 1. The van der Waals surface area contributed by atoms with Gasteiger partial charge in [0.1, 0.15) is 17.1 Å². The van der Waals surface area contributed by atoms with Crippen LogP contribution in [0, 0.1) is 12.7 Å². The van der Waals surface area contributed by atoms with E-state index in [-0.39, 0.29) is 5.75 Å². The number of hydrogen-bond acceptors (Lipinski definition) is 4. The van der Waals surface area contributed by atoms with E-state index in [1.54, 1.807) is 0 Å². The van der Waals surface area contributed by atoms with Crippen molar-refractivity contribution in [3.05, 3.63) is 46.9 Å². The zero-order chi connectivity index (χ0) is 16.5. The summed E-state index contributed by atoms with van der Waals surface area (Å²) in [5.41, 5.74) is -1.93. The number of aryl methyl sites for hydroxylation is 1. The number of benzene rings is 1. The molecule has 22 heavy (non-hydrogen) atoms. The molecule has 1 N–H and O–H groups in total. The molecule has 116 valence electrons. The first-order valence-electron chi connectivity index (χ1n) is 5.80. The van der Waals surface area contributed by atoms with Crippen LogP contribution in [-0.2, 0) is 6.18 Å². The van der Waals surface area contributed by atoms with Gasteiger partial charge in [0.05, 0.1) is 0 Å². The van der Waals surface area contributed by atoms with Crippen molar-refractivity contribution in [3.63, 3.8) is 0 Å². The Morgan fingerprint density at radius 2 is 1.91 bits per heavy atom. The van der Waals surface area contributed by atoms with Crippen molar-refractivity contribution in [2.45, 2.75) is 13.1 Å². The van der Waals surface area contributed by atoms with Gasteiger partial charge in [0, 0.05) is 0 Å². The van der Waals surface area contributed by atoms with Crippen LogP contribution >= 0.6 is 0 Å². The molecule has 0 aliphatic heterocycles. The van der Waals surface area contributed by atoms with Crippen LogP contribution in [0.3, 0.4) is 0 Å². The van der Waals surface area contributed by atoms with Gasteiger partial charge in [-0.15, -0.1) is 10.2 Å². The van der Waals surface area contributed by atoms with E-state index in [1.165, 1.54) is 13.0 Å². The highest BCUT2D eigenvalue weighted by Crippen LogP contribution is 2.31. The number of aromatic nitrogens is 2. The number of hydrogen-bond donors (Lipinski definition) is 1. The van der Waals surface area contributed by atoms with Gasteiger partial charge in [-0.1, -0.05) is 0 Å². The molecule has 0 radical (unpaired) electrons. The summed E-state index contributed by atoms with van der Waals surface area (Å²) in [5.74, 6) is -2.76. The number of carboxylic acids is 1. The standard InChI is InChI=1S/C13H8F4N2O3/c1-6-4-7(14)2-3-9(6)22-11-8(12(20)21)5-10(18-19-11)13(15,16)17/h2-5H,1H3,(H,20,21). The lowest BCUT2D eigenvalue weighted by molar-refractivity contribution is -0.141. The van der Waals surface area contributed by atoms with Crippen molar-refractivity contribution in [2.24, 2.45) is 0 Å². The molecule has 1 heterocycles. The van der Waals surface area contributed by atoms with Crippen LogP contribution in [0.25, 0.3) is 0 Å². The fourth-order valence-electron chi connectivity index (χ4n) is 1.58. The maximum absolute atomic E-state index is 13.0. The third-order valence-electron chi connectivity index (χ3n) is 2.62. The molecule has 1 aromatic heterocycles. The fraction of sp³-hybridized carbons (Fsp3) is 0.154. The Kier molecular flexibility index (Phi) is 3.98. The second-order valence-corrected chi connectivity index (χ2v) is 4.26. The summed E-state index contributed by atoms with van der Waals surface area (Å²) in [5, 5.41) is 15.0. The summed E-state index contributed by atoms with van der Waals surface area (Å²) < 4.78 is 55.7. The summed E-state index contributed by atoms with van der Waals surface area (Å²) in [6.07, 6.45) is -4.83. The number of rotatable bonds is 3. The van der Waals surface area contributed by atoms with E-state index < -0.39 is 35.1 Å². The predicted molar refractivity (Wildman–Crippen MR) is 65.2 cm³/mol. The minimum absolute atomic E-state index is 0.0537. The highest BCUT2D eigenvalue weighted by atomic mass is 19.4. The summed E-state index contributed by atoms with van der Waals surface area (Å²) in [6, 6.07) is 3.70. The molecule has 0 aliphatic rings. The summed E-state index contributed by atoms with van der Waals surface area (Å²) in [4.78, 5) is 11.1. The molecule has 0 saturated heterocycles. The maximum Gasteiger partial charge on any atom is 0.435 e. The normalized spacial score (nSPS) is 11.3. The Labute approximate surface area is 121 Å². The first-order valence-corrected chi connectivity index (χ1v) is 5.80. The average Bonchev–Trinajstić information content (AvgIpc) is 2.40. The van der Waals surface area contributed by atoms with Crippen molar-refractivity contribution >= 4 is 5.97 Å². The lowest BCUT2D eigenvalue weighted by Gasteiger charge is -2.11. The molecule has 1 aromatic carbocycles. The average molecular weight is 316 g/mol. The molecule has 0 saturated carbocycles. The van der Waals surface area contributed by atoms with Gasteiger partial charge in [-0.3, -0.25) is 0 Å². The van der Waals surface area contributed by atoms with E-state index in [2.05, 4.69) is 10.2 Å². The van der Waals surface area contributed by atoms with Crippen molar-refractivity contribution in [1.82, 2.24) is 10.2 Å². The monoisotopic (exact) mass is 316 g/mol. The summed E-state index contributed by atoms with van der Waals surface area (Å²) in [7, 11) is 0. The van der Waals surface area contributed by atoms with Crippen LogP contribution in [0.1, 0.15) is 21.6 Å². The van der Waals surface area contributed by atoms with E-state index in [9.17, 15) is 22.4 Å². The van der Waals surface area contributed by atoms with Gasteiger partial charge < -0.3 is 9.84 Å². The highest BCUT2D eigenvalue weighted by Gasteiger charge is 2.35. The van der Waals surface area contributed by atoms with Crippen LogP contribution < -0.4 is 4.74 Å².